The minimum Gasteiger partial charge on any atom is -0.302 e. The molecule has 2 aromatic rings. The molecule has 2 aromatic carbocycles. The van der Waals surface area contributed by atoms with Crippen molar-refractivity contribution in [2.24, 2.45) is 0 Å². The lowest BCUT2D eigenvalue weighted by molar-refractivity contribution is -0.111. The summed E-state index contributed by atoms with van der Waals surface area (Å²) in [6.07, 6.45) is 1.01. The zero-order chi connectivity index (χ0) is 11.8. The van der Waals surface area contributed by atoms with Crippen LogP contribution >= 0.6 is 0 Å². The molecule has 0 radical (unpaired) electrons. The second-order valence-corrected chi connectivity index (χ2v) is 4.85. The monoisotopic (exact) mass is 212 g/mol. The van der Waals surface area contributed by atoms with Crippen LogP contribution in [0.2, 0.25) is 0 Å². The van der Waals surface area contributed by atoms with Crippen LogP contribution in [0.1, 0.15) is 25.0 Å². The fourth-order valence-electron chi connectivity index (χ4n) is 1.90. The van der Waals surface area contributed by atoms with Crippen LogP contribution in [0.25, 0.3) is 10.8 Å². The fraction of sp³-hybridized carbons (Fsp3) is 0.267. The molecule has 0 atom stereocenters. The molecule has 0 saturated carbocycles. The second-order valence-electron chi connectivity index (χ2n) is 4.85. The van der Waals surface area contributed by atoms with Crippen molar-refractivity contribution in [3.63, 3.8) is 0 Å². The van der Waals surface area contributed by atoms with E-state index in [4.69, 9.17) is 0 Å². The Morgan fingerprint density at radius 2 is 1.88 bits per heavy atom. The molecular weight excluding hydrogens is 196 g/mol. The van der Waals surface area contributed by atoms with Crippen LogP contribution in [0.4, 0.5) is 0 Å². The predicted molar refractivity (Wildman–Crippen MR) is 67.8 cm³/mol. The van der Waals surface area contributed by atoms with Gasteiger partial charge in [0.05, 0.1) is 0 Å². The lowest BCUT2D eigenvalue weighted by atomic mass is 9.85. The van der Waals surface area contributed by atoms with Gasteiger partial charge in [-0.15, -0.1) is 0 Å². The molecule has 2 rings (SSSR count). The summed E-state index contributed by atoms with van der Waals surface area (Å²) in [6, 6.07) is 12.5. The van der Waals surface area contributed by atoms with Crippen LogP contribution < -0.4 is 0 Å². The molecule has 82 valence electrons. The van der Waals surface area contributed by atoms with E-state index < -0.39 is 5.41 Å². The van der Waals surface area contributed by atoms with Crippen LogP contribution in [0.3, 0.4) is 0 Å². The topological polar surface area (TPSA) is 17.1 Å². The molecule has 0 aliphatic carbocycles. The summed E-state index contributed by atoms with van der Waals surface area (Å²) in [7, 11) is 0. The van der Waals surface area contributed by atoms with Gasteiger partial charge in [-0.25, -0.2) is 0 Å². The van der Waals surface area contributed by atoms with E-state index in [9.17, 15) is 4.79 Å². The Hall–Kier alpha value is -1.63. The maximum atomic E-state index is 11.0. The first kappa shape index (κ1) is 10.9. The van der Waals surface area contributed by atoms with Gasteiger partial charge in [0.15, 0.2) is 0 Å². The number of carbonyl (C=O) groups is 1. The Balaban J connectivity index is 2.68. The lowest BCUT2D eigenvalue weighted by Gasteiger charge is -2.18. The SMILES string of the molecule is Cc1cccc2ccc(C(C)(C)C=O)cc12. The van der Waals surface area contributed by atoms with Crippen molar-refractivity contribution in [2.75, 3.05) is 0 Å². The molecule has 1 nitrogen and oxygen atoms in total. The zero-order valence-corrected chi connectivity index (χ0v) is 9.95. The molecule has 0 unspecified atom stereocenters. The molecule has 16 heavy (non-hydrogen) atoms. The summed E-state index contributed by atoms with van der Waals surface area (Å²) < 4.78 is 0. The van der Waals surface area contributed by atoms with Gasteiger partial charge in [-0.05, 0) is 48.7 Å². The number of hydrogen-bond acceptors (Lipinski definition) is 1. The summed E-state index contributed by atoms with van der Waals surface area (Å²) in [6.45, 7) is 5.99. The Kier molecular flexibility index (Phi) is 2.55. The van der Waals surface area contributed by atoms with Crippen molar-refractivity contribution in [1.29, 1.82) is 0 Å². The van der Waals surface area contributed by atoms with Gasteiger partial charge >= 0.3 is 0 Å². The van der Waals surface area contributed by atoms with Crippen LogP contribution in [-0.4, -0.2) is 6.29 Å². The van der Waals surface area contributed by atoms with Gasteiger partial charge in [0.1, 0.15) is 6.29 Å². The van der Waals surface area contributed by atoms with Crippen molar-refractivity contribution in [3.8, 4) is 0 Å². The minimum atomic E-state index is -0.406. The summed E-state index contributed by atoms with van der Waals surface area (Å²) in [5.41, 5.74) is 1.92. The zero-order valence-electron chi connectivity index (χ0n) is 9.95. The maximum absolute atomic E-state index is 11.0. The van der Waals surface area contributed by atoms with Gasteiger partial charge in [0.2, 0.25) is 0 Å². The van der Waals surface area contributed by atoms with E-state index in [1.165, 1.54) is 16.3 Å². The third kappa shape index (κ3) is 1.73. The molecule has 0 spiro atoms. The van der Waals surface area contributed by atoms with Gasteiger partial charge in [-0.1, -0.05) is 30.3 Å². The third-order valence-corrected chi connectivity index (χ3v) is 3.14. The van der Waals surface area contributed by atoms with Crippen molar-refractivity contribution >= 4 is 17.1 Å². The van der Waals surface area contributed by atoms with E-state index in [0.717, 1.165) is 11.8 Å². The highest BCUT2D eigenvalue weighted by Gasteiger charge is 2.19. The van der Waals surface area contributed by atoms with E-state index in [1.807, 2.05) is 19.9 Å². The summed E-state index contributed by atoms with van der Waals surface area (Å²) in [5.74, 6) is 0. The molecule has 0 aromatic heterocycles. The van der Waals surface area contributed by atoms with E-state index >= 15 is 0 Å². The van der Waals surface area contributed by atoms with Crippen LogP contribution in [0.5, 0.6) is 0 Å². The number of benzene rings is 2. The number of aryl methyl sites for hydroxylation is 1. The van der Waals surface area contributed by atoms with Crippen molar-refractivity contribution in [3.05, 3.63) is 47.5 Å². The first-order valence-electron chi connectivity index (χ1n) is 5.51. The first-order chi connectivity index (χ1) is 7.54. The van der Waals surface area contributed by atoms with E-state index in [1.54, 1.807) is 0 Å². The highest BCUT2D eigenvalue weighted by atomic mass is 16.1. The van der Waals surface area contributed by atoms with Crippen LogP contribution in [0.15, 0.2) is 36.4 Å². The Labute approximate surface area is 96.1 Å². The number of fused-ring (bicyclic) bond motifs is 1. The number of carbonyl (C=O) groups excluding carboxylic acids is 1. The maximum Gasteiger partial charge on any atom is 0.129 e. The lowest BCUT2D eigenvalue weighted by Crippen LogP contribution is -2.18. The molecule has 0 aliphatic rings. The summed E-state index contributed by atoms with van der Waals surface area (Å²) >= 11 is 0. The Morgan fingerprint density at radius 3 is 2.56 bits per heavy atom. The van der Waals surface area contributed by atoms with E-state index in [-0.39, 0.29) is 0 Å². The molecule has 0 heterocycles. The van der Waals surface area contributed by atoms with Crippen molar-refractivity contribution < 1.29 is 4.79 Å². The average Bonchev–Trinajstić information content (AvgIpc) is 2.29. The number of hydrogen-bond donors (Lipinski definition) is 0. The predicted octanol–water partition coefficient (Wildman–Crippen LogP) is 3.62. The smallest absolute Gasteiger partial charge is 0.129 e. The largest absolute Gasteiger partial charge is 0.302 e. The molecule has 0 bridgehead atoms. The fourth-order valence-corrected chi connectivity index (χ4v) is 1.90. The van der Waals surface area contributed by atoms with Gasteiger partial charge in [0, 0.05) is 5.41 Å². The number of rotatable bonds is 2. The summed E-state index contributed by atoms with van der Waals surface area (Å²) in [5, 5.41) is 2.46. The van der Waals surface area contributed by atoms with Crippen molar-refractivity contribution in [2.45, 2.75) is 26.2 Å². The van der Waals surface area contributed by atoms with Crippen LogP contribution in [0, 0.1) is 6.92 Å². The normalized spacial score (nSPS) is 11.7. The molecular formula is C15H16O. The van der Waals surface area contributed by atoms with Gasteiger partial charge in [-0.2, -0.15) is 0 Å². The van der Waals surface area contributed by atoms with Gasteiger partial charge < -0.3 is 4.79 Å². The molecule has 0 fully saturated rings. The van der Waals surface area contributed by atoms with Gasteiger partial charge in [0.25, 0.3) is 0 Å². The molecule has 0 saturated heterocycles. The minimum absolute atomic E-state index is 0.406. The second kappa shape index (κ2) is 3.75. The third-order valence-electron chi connectivity index (χ3n) is 3.14. The average molecular weight is 212 g/mol. The highest BCUT2D eigenvalue weighted by molar-refractivity contribution is 5.87. The number of aldehydes is 1. The highest BCUT2D eigenvalue weighted by Crippen LogP contribution is 2.26. The van der Waals surface area contributed by atoms with E-state index in [0.29, 0.717) is 0 Å². The first-order valence-corrected chi connectivity index (χ1v) is 5.51. The molecule has 0 amide bonds. The summed E-state index contributed by atoms with van der Waals surface area (Å²) in [4.78, 5) is 11.0. The molecule has 1 heteroatoms. The van der Waals surface area contributed by atoms with Crippen molar-refractivity contribution in [1.82, 2.24) is 0 Å². The van der Waals surface area contributed by atoms with Crippen LogP contribution in [-0.2, 0) is 10.2 Å². The standard InChI is InChI=1S/C15H16O/c1-11-5-4-6-12-7-8-13(9-14(11)12)15(2,3)10-16/h4-10H,1-3H3. The quantitative estimate of drug-likeness (QED) is 0.695. The Morgan fingerprint density at radius 1 is 1.12 bits per heavy atom. The molecule has 0 aliphatic heterocycles. The van der Waals surface area contributed by atoms with Gasteiger partial charge in [-0.3, -0.25) is 0 Å². The van der Waals surface area contributed by atoms with E-state index in [2.05, 4.69) is 37.3 Å². The molecule has 0 N–H and O–H groups in total. The Bertz CT molecular complexity index is 538.